The minimum atomic E-state index is -0.565. The number of ether oxygens (including phenoxy) is 1. The molecule has 0 aliphatic carbocycles. The van der Waals surface area contributed by atoms with Crippen molar-refractivity contribution in [3.63, 3.8) is 0 Å². The molecule has 1 aromatic carbocycles. The maximum absolute atomic E-state index is 9.54. The predicted octanol–water partition coefficient (Wildman–Crippen LogP) is 2.12. The van der Waals surface area contributed by atoms with E-state index in [1.165, 1.54) is 0 Å². The zero-order valence-electron chi connectivity index (χ0n) is 10.0. The van der Waals surface area contributed by atoms with Crippen LogP contribution in [-0.4, -0.2) is 18.4 Å². The number of aliphatic hydroxyl groups is 1. The lowest BCUT2D eigenvalue weighted by Crippen LogP contribution is -2.20. The van der Waals surface area contributed by atoms with E-state index in [-0.39, 0.29) is 6.23 Å². The molecule has 4 heteroatoms. The molecular weight excluding hydrogens is 204 g/mol. The van der Waals surface area contributed by atoms with Gasteiger partial charge in [0.05, 0.1) is 6.10 Å². The molecule has 0 heterocycles. The zero-order chi connectivity index (χ0) is 12.1. The average molecular weight is 224 g/mol. The standard InChI is InChI=1S/C12H20N2O2/c1-4-12(16-3)14-9-5-6-11(13)10(7-9)8(2)15/h5-8,12,14-15H,4,13H2,1-3H3. The molecule has 2 atom stereocenters. The van der Waals surface area contributed by atoms with E-state index in [1.807, 2.05) is 19.1 Å². The molecule has 0 spiro atoms. The first-order chi connectivity index (χ1) is 7.58. The second-order valence-electron chi connectivity index (χ2n) is 3.80. The number of anilines is 2. The fourth-order valence-electron chi connectivity index (χ4n) is 1.54. The molecule has 0 aliphatic heterocycles. The van der Waals surface area contributed by atoms with Crippen LogP contribution in [0.1, 0.15) is 31.9 Å². The maximum atomic E-state index is 9.54. The Morgan fingerprint density at radius 2 is 2.19 bits per heavy atom. The lowest BCUT2D eigenvalue weighted by molar-refractivity contribution is 0.122. The minimum absolute atomic E-state index is 0.0227. The van der Waals surface area contributed by atoms with E-state index in [0.29, 0.717) is 5.69 Å². The molecular formula is C12H20N2O2. The molecule has 4 N–H and O–H groups in total. The Morgan fingerprint density at radius 1 is 1.50 bits per heavy atom. The largest absolute Gasteiger partial charge is 0.398 e. The van der Waals surface area contributed by atoms with E-state index in [2.05, 4.69) is 5.32 Å². The lowest BCUT2D eigenvalue weighted by atomic mass is 10.1. The summed E-state index contributed by atoms with van der Waals surface area (Å²) in [5, 5.41) is 12.8. The van der Waals surface area contributed by atoms with Crippen molar-refractivity contribution in [3.05, 3.63) is 23.8 Å². The van der Waals surface area contributed by atoms with Gasteiger partial charge in [-0.1, -0.05) is 6.92 Å². The van der Waals surface area contributed by atoms with Crippen molar-refractivity contribution >= 4 is 11.4 Å². The molecule has 4 nitrogen and oxygen atoms in total. The van der Waals surface area contributed by atoms with Crippen LogP contribution in [0.4, 0.5) is 11.4 Å². The van der Waals surface area contributed by atoms with E-state index >= 15 is 0 Å². The Bertz CT molecular complexity index is 336. The highest BCUT2D eigenvalue weighted by Crippen LogP contribution is 2.24. The molecule has 90 valence electrons. The smallest absolute Gasteiger partial charge is 0.127 e. The highest BCUT2D eigenvalue weighted by atomic mass is 16.5. The third kappa shape index (κ3) is 3.12. The SMILES string of the molecule is CCC(Nc1ccc(N)c(C(C)O)c1)OC. The Kier molecular flexibility index (Phi) is 4.58. The summed E-state index contributed by atoms with van der Waals surface area (Å²) in [4.78, 5) is 0. The van der Waals surface area contributed by atoms with E-state index in [9.17, 15) is 5.11 Å². The van der Waals surface area contributed by atoms with Gasteiger partial charge in [-0.3, -0.25) is 0 Å². The van der Waals surface area contributed by atoms with Crippen LogP contribution in [0.25, 0.3) is 0 Å². The number of hydrogen-bond donors (Lipinski definition) is 3. The second kappa shape index (κ2) is 5.72. The fourth-order valence-corrected chi connectivity index (χ4v) is 1.54. The molecule has 2 unspecified atom stereocenters. The Labute approximate surface area is 96.4 Å². The van der Waals surface area contributed by atoms with Crippen molar-refractivity contribution < 1.29 is 9.84 Å². The molecule has 1 rings (SSSR count). The molecule has 0 radical (unpaired) electrons. The normalized spacial score (nSPS) is 14.5. The van der Waals surface area contributed by atoms with Gasteiger partial charge >= 0.3 is 0 Å². The summed E-state index contributed by atoms with van der Waals surface area (Å²) in [5.41, 5.74) is 8.00. The molecule has 1 aromatic rings. The summed E-state index contributed by atoms with van der Waals surface area (Å²) in [5.74, 6) is 0. The van der Waals surface area contributed by atoms with Crippen molar-refractivity contribution in [3.8, 4) is 0 Å². The van der Waals surface area contributed by atoms with Gasteiger partial charge in [-0.15, -0.1) is 0 Å². The number of hydrogen-bond acceptors (Lipinski definition) is 4. The van der Waals surface area contributed by atoms with Gasteiger partial charge in [-0.05, 0) is 31.5 Å². The second-order valence-corrected chi connectivity index (χ2v) is 3.80. The summed E-state index contributed by atoms with van der Waals surface area (Å²) in [6.07, 6.45) is 0.278. The molecule has 0 fully saturated rings. The highest BCUT2D eigenvalue weighted by Gasteiger charge is 2.09. The van der Waals surface area contributed by atoms with Crippen LogP contribution < -0.4 is 11.1 Å². The highest BCUT2D eigenvalue weighted by molar-refractivity contribution is 5.58. The number of benzene rings is 1. The Balaban J connectivity index is 2.86. The lowest BCUT2D eigenvalue weighted by Gasteiger charge is -2.18. The molecule has 0 aliphatic rings. The first-order valence-corrected chi connectivity index (χ1v) is 5.45. The van der Waals surface area contributed by atoms with Gasteiger partial charge in [0.1, 0.15) is 6.23 Å². The van der Waals surface area contributed by atoms with Crippen LogP contribution in [0.2, 0.25) is 0 Å². The van der Waals surface area contributed by atoms with Crippen molar-refractivity contribution in [2.24, 2.45) is 0 Å². The van der Waals surface area contributed by atoms with Gasteiger partial charge in [0.15, 0.2) is 0 Å². The summed E-state index contributed by atoms with van der Waals surface area (Å²) < 4.78 is 5.23. The molecule has 0 aromatic heterocycles. The van der Waals surface area contributed by atoms with Gasteiger partial charge in [0.25, 0.3) is 0 Å². The number of rotatable bonds is 5. The van der Waals surface area contributed by atoms with Crippen LogP contribution in [0.3, 0.4) is 0 Å². The van der Waals surface area contributed by atoms with Gasteiger partial charge in [0, 0.05) is 24.0 Å². The zero-order valence-corrected chi connectivity index (χ0v) is 10.0. The topological polar surface area (TPSA) is 67.5 Å². The van der Waals surface area contributed by atoms with Crippen molar-refractivity contribution in [1.29, 1.82) is 0 Å². The number of aliphatic hydroxyl groups excluding tert-OH is 1. The van der Waals surface area contributed by atoms with E-state index in [4.69, 9.17) is 10.5 Å². The quantitative estimate of drug-likeness (QED) is 0.529. The minimum Gasteiger partial charge on any atom is -0.398 e. The molecule has 0 amide bonds. The first kappa shape index (κ1) is 12.8. The molecule has 0 bridgehead atoms. The number of methoxy groups -OCH3 is 1. The van der Waals surface area contributed by atoms with Gasteiger partial charge < -0.3 is 20.9 Å². The van der Waals surface area contributed by atoms with Crippen molar-refractivity contribution in [2.75, 3.05) is 18.2 Å². The van der Waals surface area contributed by atoms with E-state index in [1.54, 1.807) is 20.1 Å². The van der Waals surface area contributed by atoms with Gasteiger partial charge in [-0.2, -0.15) is 0 Å². The number of nitrogen functional groups attached to an aromatic ring is 1. The van der Waals surface area contributed by atoms with Crippen LogP contribution >= 0.6 is 0 Å². The van der Waals surface area contributed by atoms with E-state index in [0.717, 1.165) is 17.7 Å². The third-order valence-electron chi connectivity index (χ3n) is 2.52. The van der Waals surface area contributed by atoms with Crippen LogP contribution in [-0.2, 0) is 4.74 Å². The van der Waals surface area contributed by atoms with Crippen molar-refractivity contribution in [1.82, 2.24) is 0 Å². The average Bonchev–Trinajstić information content (AvgIpc) is 2.27. The summed E-state index contributed by atoms with van der Waals surface area (Å²) in [6, 6.07) is 5.51. The Hall–Kier alpha value is -1.26. The number of nitrogens with one attached hydrogen (secondary N) is 1. The molecule has 16 heavy (non-hydrogen) atoms. The van der Waals surface area contributed by atoms with Gasteiger partial charge in [0.2, 0.25) is 0 Å². The monoisotopic (exact) mass is 224 g/mol. The van der Waals surface area contributed by atoms with E-state index < -0.39 is 6.10 Å². The van der Waals surface area contributed by atoms with Crippen LogP contribution in [0.5, 0.6) is 0 Å². The number of nitrogens with two attached hydrogens (primary N) is 1. The summed E-state index contributed by atoms with van der Waals surface area (Å²) in [7, 11) is 1.66. The van der Waals surface area contributed by atoms with Crippen LogP contribution in [0.15, 0.2) is 18.2 Å². The fraction of sp³-hybridized carbons (Fsp3) is 0.500. The third-order valence-corrected chi connectivity index (χ3v) is 2.52. The molecule has 0 saturated carbocycles. The van der Waals surface area contributed by atoms with Gasteiger partial charge in [-0.25, -0.2) is 0 Å². The molecule has 0 saturated heterocycles. The first-order valence-electron chi connectivity index (χ1n) is 5.45. The predicted molar refractivity (Wildman–Crippen MR) is 66.2 cm³/mol. The van der Waals surface area contributed by atoms with Crippen LogP contribution in [0, 0.1) is 0 Å². The van der Waals surface area contributed by atoms with Crippen molar-refractivity contribution in [2.45, 2.75) is 32.6 Å². The summed E-state index contributed by atoms with van der Waals surface area (Å²) in [6.45, 7) is 3.73. The Morgan fingerprint density at radius 3 is 2.69 bits per heavy atom. The maximum Gasteiger partial charge on any atom is 0.127 e. The summed E-state index contributed by atoms with van der Waals surface area (Å²) >= 11 is 0.